The van der Waals surface area contributed by atoms with Crippen LogP contribution in [0.2, 0.25) is 0 Å². The van der Waals surface area contributed by atoms with E-state index < -0.39 is 23.8 Å². The summed E-state index contributed by atoms with van der Waals surface area (Å²) in [5.74, 6) is -0.436. The Morgan fingerprint density at radius 2 is 1.94 bits per heavy atom. The normalized spacial score (nSPS) is 17.9. The molecule has 35 heavy (non-hydrogen) atoms. The Balaban J connectivity index is 1.63. The summed E-state index contributed by atoms with van der Waals surface area (Å²) in [5, 5.41) is 12.5. The molecule has 1 amide bonds. The molecule has 2 atom stereocenters. The van der Waals surface area contributed by atoms with Gasteiger partial charge in [0.15, 0.2) is 0 Å². The first-order chi connectivity index (χ1) is 16.5. The van der Waals surface area contributed by atoms with E-state index in [1.165, 1.54) is 47.2 Å². The van der Waals surface area contributed by atoms with Crippen molar-refractivity contribution < 1.29 is 27.8 Å². The number of aromatic nitrogens is 2. The first-order valence-electron chi connectivity index (χ1n) is 10.4. The van der Waals surface area contributed by atoms with Crippen molar-refractivity contribution in [3.8, 4) is 16.9 Å². The summed E-state index contributed by atoms with van der Waals surface area (Å²) in [6, 6.07) is 9.67. The SMILES string of the molecule is Cn1ccc(-c2cc(C(=O)Nc3ccc(OC(F)(F)Cl)cc3)cnc2N2C[C@H](O)[C@@H](F)C2)cc1=O. The van der Waals surface area contributed by atoms with Gasteiger partial charge in [-0.05, 0) is 42.0 Å². The third-order valence-electron chi connectivity index (χ3n) is 5.41. The Hall–Kier alpha value is -3.57. The first kappa shape index (κ1) is 24.6. The van der Waals surface area contributed by atoms with Gasteiger partial charge < -0.3 is 24.6 Å². The zero-order valence-electron chi connectivity index (χ0n) is 18.3. The van der Waals surface area contributed by atoms with Gasteiger partial charge in [0.1, 0.15) is 23.8 Å². The molecule has 8 nitrogen and oxygen atoms in total. The average molecular weight is 509 g/mol. The fourth-order valence-corrected chi connectivity index (χ4v) is 3.71. The number of hydrogen-bond acceptors (Lipinski definition) is 6. The Bertz CT molecular complexity index is 1290. The standard InChI is InChI=1S/C23H20ClF3N4O4/c1-30-7-6-13(9-20(30)33)17-8-14(10-28-21(17)31-11-18(25)19(32)12-31)22(34)29-15-2-4-16(5-3-15)35-23(24,26)27/h2-10,18-19,32H,11-12H2,1H3,(H,29,34)/t18-,19-/m0/s1. The van der Waals surface area contributed by atoms with Crippen LogP contribution in [0.5, 0.6) is 5.75 Å². The molecule has 0 saturated carbocycles. The Kier molecular flexibility index (Phi) is 6.73. The molecule has 0 radical (unpaired) electrons. The Labute approximate surface area is 202 Å². The van der Waals surface area contributed by atoms with Crippen molar-refractivity contribution in [3.63, 3.8) is 0 Å². The lowest BCUT2D eigenvalue weighted by atomic mass is 10.0. The predicted octanol–water partition coefficient (Wildman–Crippen LogP) is 3.39. The maximum Gasteiger partial charge on any atom is 0.487 e. The molecule has 0 spiro atoms. The smallest absolute Gasteiger partial charge is 0.420 e. The van der Waals surface area contributed by atoms with Gasteiger partial charge in [0.25, 0.3) is 11.5 Å². The van der Waals surface area contributed by atoms with Crippen LogP contribution in [-0.2, 0) is 7.05 Å². The second-order valence-corrected chi connectivity index (χ2v) is 8.41. The zero-order chi connectivity index (χ0) is 25.3. The van der Waals surface area contributed by atoms with Crippen LogP contribution in [0.3, 0.4) is 0 Å². The van der Waals surface area contributed by atoms with E-state index in [0.29, 0.717) is 22.6 Å². The summed E-state index contributed by atoms with van der Waals surface area (Å²) in [5.41, 5.74) is -2.86. The van der Waals surface area contributed by atoms with Crippen LogP contribution in [0.15, 0.2) is 59.7 Å². The van der Waals surface area contributed by atoms with E-state index in [1.54, 1.807) is 24.2 Å². The molecular weight excluding hydrogens is 489 g/mol. The van der Waals surface area contributed by atoms with Crippen LogP contribution in [0.25, 0.3) is 11.1 Å². The highest BCUT2D eigenvalue weighted by Crippen LogP contribution is 2.32. The van der Waals surface area contributed by atoms with E-state index in [4.69, 9.17) is 11.6 Å². The number of hydrogen-bond donors (Lipinski definition) is 2. The van der Waals surface area contributed by atoms with E-state index in [0.717, 1.165) is 0 Å². The molecule has 1 saturated heterocycles. The highest BCUT2D eigenvalue weighted by Gasteiger charge is 2.33. The number of aliphatic hydroxyl groups is 1. The number of pyridine rings is 2. The highest BCUT2D eigenvalue weighted by molar-refractivity contribution is 6.20. The van der Waals surface area contributed by atoms with Crippen LogP contribution in [-0.4, -0.2) is 51.5 Å². The summed E-state index contributed by atoms with van der Waals surface area (Å²) in [6.45, 7) is -0.0827. The summed E-state index contributed by atoms with van der Waals surface area (Å²) >= 11 is 4.74. The van der Waals surface area contributed by atoms with Crippen molar-refractivity contribution in [2.45, 2.75) is 17.8 Å². The van der Waals surface area contributed by atoms with Gasteiger partial charge in [0.2, 0.25) is 0 Å². The molecule has 0 bridgehead atoms. The molecular formula is C23H20ClF3N4O4. The number of aliphatic hydroxyl groups excluding tert-OH is 1. The lowest BCUT2D eigenvalue weighted by Crippen LogP contribution is -2.24. The van der Waals surface area contributed by atoms with Crippen molar-refractivity contribution in [2.24, 2.45) is 7.05 Å². The molecule has 1 aromatic carbocycles. The number of carbonyl (C=O) groups is 1. The molecule has 1 aliphatic rings. The minimum Gasteiger partial charge on any atom is -0.420 e. The van der Waals surface area contributed by atoms with Crippen molar-refractivity contribution in [3.05, 3.63) is 70.8 Å². The van der Waals surface area contributed by atoms with Gasteiger partial charge in [-0.25, -0.2) is 9.37 Å². The largest absolute Gasteiger partial charge is 0.487 e. The van der Waals surface area contributed by atoms with Crippen LogP contribution in [0.1, 0.15) is 10.4 Å². The predicted molar refractivity (Wildman–Crippen MR) is 124 cm³/mol. The second-order valence-electron chi connectivity index (χ2n) is 7.97. The minimum absolute atomic E-state index is 0.00726. The maximum atomic E-state index is 14.0. The number of nitrogens with one attached hydrogen (secondary N) is 1. The van der Waals surface area contributed by atoms with Crippen LogP contribution in [0.4, 0.5) is 24.7 Å². The van der Waals surface area contributed by atoms with Crippen molar-refractivity contribution >= 4 is 29.0 Å². The van der Waals surface area contributed by atoms with Crippen molar-refractivity contribution in [2.75, 3.05) is 23.3 Å². The van der Waals surface area contributed by atoms with Crippen LogP contribution < -0.4 is 20.5 Å². The maximum absolute atomic E-state index is 14.0. The molecule has 0 aliphatic carbocycles. The Morgan fingerprint density at radius 1 is 1.23 bits per heavy atom. The van der Waals surface area contributed by atoms with E-state index in [-0.39, 0.29) is 30.0 Å². The van der Waals surface area contributed by atoms with Crippen molar-refractivity contribution in [1.29, 1.82) is 0 Å². The summed E-state index contributed by atoms with van der Waals surface area (Å²) in [6.07, 6.45) is 0.210. The van der Waals surface area contributed by atoms with Crippen molar-refractivity contribution in [1.82, 2.24) is 9.55 Å². The number of carbonyl (C=O) groups excluding carboxylic acids is 1. The van der Waals surface area contributed by atoms with E-state index >= 15 is 0 Å². The number of amides is 1. The number of alkyl halides is 4. The molecule has 1 aliphatic heterocycles. The monoisotopic (exact) mass is 508 g/mol. The first-order valence-corrected chi connectivity index (χ1v) is 10.8. The molecule has 2 N–H and O–H groups in total. The molecule has 4 rings (SSSR count). The number of nitrogens with zero attached hydrogens (tertiary/aromatic N) is 3. The van der Waals surface area contributed by atoms with Gasteiger partial charge in [-0.3, -0.25) is 9.59 Å². The minimum atomic E-state index is -3.86. The van der Waals surface area contributed by atoms with Crippen LogP contribution >= 0.6 is 11.6 Å². The van der Waals surface area contributed by atoms with E-state index in [9.17, 15) is 27.9 Å². The number of β-amino-alcohol motifs (C(OH)–C–C–N with tert-alkyl or cyclic N) is 1. The molecule has 3 heterocycles. The molecule has 0 unspecified atom stereocenters. The average Bonchev–Trinajstić information content (AvgIpc) is 3.13. The summed E-state index contributed by atoms with van der Waals surface area (Å²) in [7, 11) is 1.59. The quantitative estimate of drug-likeness (QED) is 0.496. The third kappa shape index (κ3) is 5.75. The lowest BCUT2D eigenvalue weighted by Gasteiger charge is -2.21. The molecule has 1 fully saturated rings. The number of ether oxygens (including phenoxy) is 1. The molecule has 184 valence electrons. The zero-order valence-corrected chi connectivity index (χ0v) is 19.0. The van der Waals surface area contributed by atoms with Crippen LogP contribution in [0, 0.1) is 0 Å². The molecule has 12 heteroatoms. The Morgan fingerprint density at radius 3 is 2.54 bits per heavy atom. The number of rotatable bonds is 6. The van der Waals surface area contributed by atoms with Gasteiger partial charge in [-0.1, -0.05) is 0 Å². The second kappa shape index (κ2) is 9.59. The number of anilines is 2. The van der Waals surface area contributed by atoms with Gasteiger partial charge in [0.05, 0.1) is 12.1 Å². The van der Waals surface area contributed by atoms with Gasteiger partial charge in [0, 0.05) is 54.9 Å². The number of aryl methyl sites for hydroxylation is 1. The van der Waals surface area contributed by atoms with Gasteiger partial charge in [-0.2, -0.15) is 0 Å². The summed E-state index contributed by atoms with van der Waals surface area (Å²) in [4.78, 5) is 31.0. The fourth-order valence-electron chi connectivity index (χ4n) is 3.63. The topological polar surface area (TPSA) is 96.7 Å². The molecule has 3 aromatic rings. The lowest BCUT2D eigenvalue weighted by molar-refractivity contribution is -0.0964. The summed E-state index contributed by atoms with van der Waals surface area (Å²) < 4.78 is 45.1. The molecule has 2 aromatic heterocycles. The third-order valence-corrected chi connectivity index (χ3v) is 5.49. The van der Waals surface area contributed by atoms with E-state index in [1.807, 2.05) is 0 Å². The highest BCUT2D eigenvalue weighted by atomic mass is 35.5. The van der Waals surface area contributed by atoms with E-state index in [2.05, 4.69) is 15.0 Å². The van der Waals surface area contributed by atoms with Gasteiger partial charge in [-0.15, -0.1) is 8.78 Å². The number of halogens is 4. The fraction of sp³-hybridized carbons (Fsp3) is 0.261. The van der Waals surface area contributed by atoms with Gasteiger partial charge >= 0.3 is 5.57 Å². The number of benzene rings is 1.